The summed E-state index contributed by atoms with van der Waals surface area (Å²) >= 11 is 0. The summed E-state index contributed by atoms with van der Waals surface area (Å²) in [5, 5.41) is 0. The molecule has 0 saturated heterocycles. The Balaban J connectivity index is 2.34. The van der Waals surface area contributed by atoms with Gasteiger partial charge in [-0.05, 0) is 25.5 Å². The van der Waals surface area contributed by atoms with Gasteiger partial charge in [-0.15, -0.1) is 0 Å². The predicted molar refractivity (Wildman–Crippen MR) is 75.0 cm³/mol. The number of benzene rings is 1. The molecule has 1 rings (SSSR count). The van der Waals surface area contributed by atoms with Crippen LogP contribution >= 0.6 is 0 Å². The Bertz CT molecular complexity index is 388. The van der Waals surface area contributed by atoms with Gasteiger partial charge in [-0.25, -0.2) is 4.79 Å². The highest BCUT2D eigenvalue weighted by Crippen LogP contribution is 2.13. The number of hydrogen-bond acceptors (Lipinski definition) is 5. The number of hydrogen-bond donors (Lipinski definition) is 0. The van der Waals surface area contributed by atoms with E-state index in [2.05, 4.69) is 0 Å². The van der Waals surface area contributed by atoms with Crippen LogP contribution in [0.15, 0.2) is 24.3 Å². The van der Waals surface area contributed by atoms with Crippen LogP contribution in [0.25, 0.3) is 0 Å². The van der Waals surface area contributed by atoms with Crippen LogP contribution in [-0.4, -0.2) is 40.2 Å². The van der Waals surface area contributed by atoms with Gasteiger partial charge < -0.3 is 18.9 Å². The van der Waals surface area contributed by atoms with Crippen molar-refractivity contribution in [3.63, 3.8) is 0 Å². The summed E-state index contributed by atoms with van der Waals surface area (Å²) in [4.78, 5) is 11.6. The van der Waals surface area contributed by atoms with E-state index in [4.69, 9.17) is 18.9 Å². The summed E-state index contributed by atoms with van der Waals surface area (Å²) in [6.07, 6.45) is 0.0645. The molecule has 0 aromatic heterocycles. The van der Waals surface area contributed by atoms with E-state index in [1.807, 2.05) is 19.1 Å². The molecule has 0 fully saturated rings. The number of methoxy groups -OCH3 is 2. The molecule has 1 unspecified atom stereocenters. The minimum Gasteiger partial charge on any atom is -0.434 e. The van der Waals surface area contributed by atoms with E-state index < -0.39 is 6.16 Å². The van der Waals surface area contributed by atoms with Crippen molar-refractivity contribution in [3.05, 3.63) is 29.8 Å². The van der Waals surface area contributed by atoms with Gasteiger partial charge in [0.15, 0.2) is 0 Å². The van der Waals surface area contributed by atoms with E-state index in [0.29, 0.717) is 19.0 Å². The van der Waals surface area contributed by atoms with Crippen molar-refractivity contribution < 1.29 is 23.7 Å². The van der Waals surface area contributed by atoms with Crippen LogP contribution in [0.3, 0.4) is 0 Å². The van der Waals surface area contributed by atoms with Gasteiger partial charge >= 0.3 is 6.16 Å². The first-order valence-corrected chi connectivity index (χ1v) is 6.55. The number of carbonyl (C=O) groups is 1. The number of rotatable bonds is 8. The summed E-state index contributed by atoms with van der Waals surface area (Å²) in [6, 6.07) is 7.20. The minimum atomic E-state index is -0.702. The first-order valence-electron chi connectivity index (χ1n) is 6.55. The largest absolute Gasteiger partial charge is 0.513 e. The van der Waals surface area contributed by atoms with Crippen molar-refractivity contribution in [3.8, 4) is 5.75 Å². The van der Waals surface area contributed by atoms with Gasteiger partial charge in [-0.1, -0.05) is 17.7 Å². The normalized spacial score (nSPS) is 11.9. The van der Waals surface area contributed by atoms with Crippen LogP contribution in [0.5, 0.6) is 5.75 Å². The fourth-order valence-corrected chi connectivity index (χ4v) is 1.65. The summed E-state index contributed by atoms with van der Waals surface area (Å²) in [6.45, 7) is 3.33. The molecule has 0 spiro atoms. The molecule has 0 aliphatic heterocycles. The Hall–Kier alpha value is -1.59. The van der Waals surface area contributed by atoms with E-state index in [9.17, 15) is 4.79 Å². The fourth-order valence-electron chi connectivity index (χ4n) is 1.65. The average molecular weight is 282 g/mol. The molecule has 0 amide bonds. The Kier molecular flexibility index (Phi) is 7.69. The first kappa shape index (κ1) is 16.5. The highest BCUT2D eigenvalue weighted by Gasteiger charge is 2.13. The smallest absolute Gasteiger partial charge is 0.434 e. The molecule has 5 nitrogen and oxygen atoms in total. The maximum atomic E-state index is 11.6. The lowest BCUT2D eigenvalue weighted by atomic mass is 10.1. The number of ether oxygens (including phenoxy) is 4. The maximum absolute atomic E-state index is 11.6. The van der Waals surface area contributed by atoms with E-state index >= 15 is 0 Å². The third-order valence-electron chi connectivity index (χ3n) is 2.79. The van der Waals surface area contributed by atoms with Crippen LogP contribution in [0.1, 0.15) is 12.0 Å². The second-order valence-electron chi connectivity index (χ2n) is 4.58. The average Bonchev–Trinajstić information content (AvgIpc) is 2.44. The molecule has 20 heavy (non-hydrogen) atoms. The maximum Gasteiger partial charge on any atom is 0.513 e. The molecular weight excluding hydrogens is 260 g/mol. The van der Waals surface area contributed by atoms with Gasteiger partial charge in [0.05, 0.1) is 6.61 Å². The molecule has 1 aromatic rings. The second-order valence-corrected chi connectivity index (χ2v) is 4.58. The standard InChI is InChI=1S/C15H22O5/c1-12-4-6-14(7-5-12)20-15(16)19-11-13(10-18-3)8-9-17-2/h4-7,13H,8-11H2,1-3H3. The van der Waals surface area contributed by atoms with Crippen LogP contribution < -0.4 is 4.74 Å². The van der Waals surface area contributed by atoms with Gasteiger partial charge in [0, 0.05) is 26.7 Å². The van der Waals surface area contributed by atoms with Crippen molar-refractivity contribution >= 4 is 6.16 Å². The zero-order valence-electron chi connectivity index (χ0n) is 12.3. The Labute approximate surface area is 119 Å². The molecular formula is C15H22O5. The van der Waals surface area contributed by atoms with Crippen molar-refractivity contribution in [1.29, 1.82) is 0 Å². The second kappa shape index (κ2) is 9.34. The number of aryl methyl sites for hydroxylation is 1. The quantitative estimate of drug-likeness (QED) is 0.542. The molecule has 1 atom stereocenters. The molecule has 0 radical (unpaired) electrons. The van der Waals surface area contributed by atoms with Crippen molar-refractivity contribution in [2.75, 3.05) is 34.0 Å². The van der Waals surface area contributed by atoms with Crippen LogP contribution in [0, 0.1) is 12.8 Å². The van der Waals surface area contributed by atoms with Gasteiger partial charge in [-0.2, -0.15) is 0 Å². The van der Waals surface area contributed by atoms with Gasteiger partial charge in [0.25, 0.3) is 0 Å². The van der Waals surface area contributed by atoms with E-state index in [1.165, 1.54) is 0 Å². The molecule has 0 heterocycles. The minimum absolute atomic E-state index is 0.102. The van der Waals surface area contributed by atoms with Crippen LogP contribution in [0.2, 0.25) is 0 Å². The van der Waals surface area contributed by atoms with Crippen molar-refractivity contribution in [1.82, 2.24) is 0 Å². The van der Waals surface area contributed by atoms with Gasteiger partial charge in [-0.3, -0.25) is 0 Å². The Morgan fingerprint density at radius 1 is 1.10 bits per heavy atom. The zero-order valence-corrected chi connectivity index (χ0v) is 12.3. The SMILES string of the molecule is COCCC(COC)COC(=O)Oc1ccc(C)cc1. The highest BCUT2D eigenvalue weighted by atomic mass is 16.7. The summed E-state index contributed by atoms with van der Waals surface area (Å²) in [7, 11) is 3.25. The lowest BCUT2D eigenvalue weighted by molar-refractivity contribution is 0.0476. The molecule has 0 aliphatic carbocycles. The summed E-state index contributed by atoms with van der Waals surface area (Å²) < 4.78 is 20.2. The molecule has 0 aliphatic rings. The monoisotopic (exact) mass is 282 g/mol. The zero-order chi connectivity index (χ0) is 14.8. The fraction of sp³-hybridized carbons (Fsp3) is 0.533. The Morgan fingerprint density at radius 2 is 1.80 bits per heavy atom. The molecule has 1 aromatic carbocycles. The van der Waals surface area contributed by atoms with E-state index in [1.54, 1.807) is 26.4 Å². The van der Waals surface area contributed by atoms with E-state index in [-0.39, 0.29) is 12.5 Å². The summed E-state index contributed by atoms with van der Waals surface area (Å²) in [5.41, 5.74) is 1.10. The predicted octanol–water partition coefficient (Wildman–Crippen LogP) is 2.81. The van der Waals surface area contributed by atoms with Crippen LogP contribution in [-0.2, 0) is 14.2 Å². The molecule has 0 bridgehead atoms. The topological polar surface area (TPSA) is 54.0 Å². The first-order chi connectivity index (χ1) is 9.65. The molecule has 5 heteroatoms. The van der Waals surface area contributed by atoms with Crippen molar-refractivity contribution in [2.24, 2.45) is 5.92 Å². The van der Waals surface area contributed by atoms with Gasteiger partial charge in [0.1, 0.15) is 12.4 Å². The van der Waals surface area contributed by atoms with E-state index in [0.717, 1.165) is 12.0 Å². The third-order valence-corrected chi connectivity index (χ3v) is 2.79. The lowest BCUT2D eigenvalue weighted by Gasteiger charge is -2.15. The molecule has 112 valence electrons. The van der Waals surface area contributed by atoms with Gasteiger partial charge in [0.2, 0.25) is 0 Å². The summed E-state index contributed by atoms with van der Waals surface area (Å²) in [5.74, 6) is 0.575. The highest BCUT2D eigenvalue weighted by molar-refractivity contribution is 5.63. The Morgan fingerprint density at radius 3 is 2.40 bits per heavy atom. The third kappa shape index (κ3) is 6.54. The van der Waals surface area contributed by atoms with Crippen LogP contribution in [0.4, 0.5) is 4.79 Å². The number of carbonyl (C=O) groups excluding carboxylic acids is 1. The van der Waals surface area contributed by atoms with Crippen molar-refractivity contribution in [2.45, 2.75) is 13.3 Å². The molecule has 0 saturated carbocycles. The molecule has 0 N–H and O–H groups in total. The lowest BCUT2D eigenvalue weighted by Crippen LogP contribution is -2.21.